The fraction of sp³-hybridized carbons (Fsp3) is 0.529. The first-order chi connectivity index (χ1) is 12.4. The number of alkyl halides is 5. The standard InChI is InChI=1S/C17H17BrF5N3O/c1-15(19,20)8-12(14(27)26-16(9-24)6-7-16)25-13(17(21,22)23)10-2-4-11(18)5-3-10/h2-5,12-13,25H,6-8H2,1H3,(H,26,27)/t12-,13-/m0/s1. The Labute approximate surface area is 161 Å². The van der Waals surface area contributed by atoms with Crippen LogP contribution in [0.2, 0.25) is 0 Å². The van der Waals surface area contributed by atoms with Crippen LogP contribution >= 0.6 is 15.9 Å². The molecule has 2 rings (SSSR count). The Bertz CT molecular complexity index is 720. The largest absolute Gasteiger partial charge is 0.407 e. The van der Waals surface area contributed by atoms with Crippen molar-refractivity contribution in [3.8, 4) is 6.07 Å². The Hall–Kier alpha value is -1.73. The van der Waals surface area contributed by atoms with Gasteiger partial charge in [0.25, 0.3) is 0 Å². The van der Waals surface area contributed by atoms with Gasteiger partial charge in [-0.2, -0.15) is 18.4 Å². The summed E-state index contributed by atoms with van der Waals surface area (Å²) in [5, 5.41) is 13.3. The predicted molar refractivity (Wildman–Crippen MR) is 90.8 cm³/mol. The molecule has 1 amide bonds. The average molecular weight is 454 g/mol. The minimum atomic E-state index is -4.82. The summed E-state index contributed by atoms with van der Waals surface area (Å²) in [5.41, 5.74) is -1.39. The van der Waals surface area contributed by atoms with Crippen LogP contribution in [-0.2, 0) is 4.79 Å². The first-order valence-corrected chi connectivity index (χ1v) is 8.84. The minimum absolute atomic E-state index is 0.218. The second-order valence-corrected chi connectivity index (χ2v) is 7.62. The molecule has 0 aliphatic heterocycles. The minimum Gasteiger partial charge on any atom is -0.336 e. The van der Waals surface area contributed by atoms with Gasteiger partial charge < -0.3 is 5.32 Å². The molecule has 0 unspecified atom stereocenters. The van der Waals surface area contributed by atoms with Gasteiger partial charge in [0.05, 0.1) is 12.1 Å². The Morgan fingerprint density at radius 3 is 2.22 bits per heavy atom. The zero-order chi connectivity index (χ0) is 20.5. The Morgan fingerprint density at radius 2 is 1.81 bits per heavy atom. The number of hydrogen-bond donors (Lipinski definition) is 2. The van der Waals surface area contributed by atoms with Crippen LogP contribution in [0.1, 0.15) is 37.8 Å². The summed E-state index contributed by atoms with van der Waals surface area (Å²) in [6.07, 6.45) is -5.29. The predicted octanol–water partition coefficient (Wildman–Crippen LogP) is 4.23. The van der Waals surface area contributed by atoms with E-state index in [1.165, 1.54) is 24.3 Å². The lowest BCUT2D eigenvalue weighted by Crippen LogP contribution is -2.53. The van der Waals surface area contributed by atoms with Crippen molar-refractivity contribution in [3.63, 3.8) is 0 Å². The van der Waals surface area contributed by atoms with Crippen LogP contribution in [-0.4, -0.2) is 29.6 Å². The van der Waals surface area contributed by atoms with E-state index in [1.807, 2.05) is 11.4 Å². The Kier molecular flexibility index (Phi) is 6.16. The highest BCUT2D eigenvalue weighted by Gasteiger charge is 2.48. The molecular formula is C17H17BrF5N3O. The van der Waals surface area contributed by atoms with Crippen LogP contribution in [0.5, 0.6) is 0 Å². The maximum Gasteiger partial charge on any atom is 0.407 e. The van der Waals surface area contributed by atoms with Gasteiger partial charge in [-0.25, -0.2) is 8.78 Å². The van der Waals surface area contributed by atoms with Crippen LogP contribution in [0.15, 0.2) is 28.7 Å². The van der Waals surface area contributed by atoms with Crippen molar-refractivity contribution in [3.05, 3.63) is 34.3 Å². The van der Waals surface area contributed by atoms with E-state index in [2.05, 4.69) is 21.2 Å². The molecule has 0 saturated heterocycles. The number of hydrogen-bond acceptors (Lipinski definition) is 3. The summed E-state index contributed by atoms with van der Waals surface area (Å²) >= 11 is 3.11. The van der Waals surface area contributed by atoms with Gasteiger partial charge in [0, 0.05) is 10.9 Å². The van der Waals surface area contributed by atoms with E-state index in [9.17, 15) is 26.7 Å². The van der Waals surface area contributed by atoms with E-state index in [4.69, 9.17) is 5.26 Å². The molecule has 2 atom stereocenters. The summed E-state index contributed by atoms with van der Waals surface area (Å²) in [7, 11) is 0. The van der Waals surface area contributed by atoms with Crippen LogP contribution in [0.3, 0.4) is 0 Å². The normalized spacial score (nSPS) is 18.3. The summed E-state index contributed by atoms with van der Waals surface area (Å²) < 4.78 is 68.1. The molecule has 4 nitrogen and oxygen atoms in total. The number of nitrogens with zero attached hydrogens (tertiary/aromatic N) is 1. The number of carbonyl (C=O) groups excluding carboxylic acids is 1. The fourth-order valence-electron chi connectivity index (χ4n) is 2.53. The lowest BCUT2D eigenvalue weighted by Gasteiger charge is -2.29. The van der Waals surface area contributed by atoms with E-state index in [1.54, 1.807) is 0 Å². The van der Waals surface area contributed by atoms with E-state index in [0.29, 0.717) is 24.2 Å². The lowest BCUT2D eigenvalue weighted by molar-refractivity contribution is -0.162. The monoisotopic (exact) mass is 453 g/mol. The van der Waals surface area contributed by atoms with Gasteiger partial charge in [-0.3, -0.25) is 10.1 Å². The number of halogens is 6. The molecule has 1 saturated carbocycles. The molecule has 0 bridgehead atoms. The molecule has 0 heterocycles. The molecule has 10 heteroatoms. The molecule has 1 aliphatic carbocycles. The molecule has 0 aromatic heterocycles. The van der Waals surface area contributed by atoms with Crippen molar-refractivity contribution in [1.82, 2.24) is 10.6 Å². The maximum atomic E-state index is 13.5. The number of amides is 1. The Morgan fingerprint density at radius 1 is 1.26 bits per heavy atom. The summed E-state index contributed by atoms with van der Waals surface area (Å²) in [6.45, 7) is 0.522. The highest BCUT2D eigenvalue weighted by atomic mass is 79.9. The van der Waals surface area contributed by atoms with Crippen LogP contribution in [0.25, 0.3) is 0 Å². The Balaban J connectivity index is 2.28. The molecule has 1 aromatic carbocycles. The number of rotatable bonds is 7. The van der Waals surface area contributed by atoms with Crippen molar-refractivity contribution < 1.29 is 26.7 Å². The molecule has 0 spiro atoms. The van der Waals surface area contributed by atoms with Crippen molar-refractivity contribution in [2.45, 2.75) is 55.9 Å². The number of benzene rings is 1. The topological polar surface area (TPSA) is 64.9 Å². The molecule has 1 aliphatic rings. The first-order valence-electron chi connectivity index (χ1n) is 8.05. The maximum absolute atomic E-state index is 13.5. The van der Waals surface area contributed by atoms with Gasteiger partial charge in [0.2, 0.25) is 11.8 Å². The van der Waals surface area contributed by atoms with E-state index in [-0.39, 0.29) is 5.56 Å². The summed E-state index contributed by atoms with van der Waals surface area (Å²) in [6, 6.07) is 2.84. The molecule has 1 fully saturated rings. The van der Waals surface area contributed by atoms with Gasteiger partial charge in [-0.15, -0.1) is 0 Å². The number of carbonyl (C=O) groups is 1. The number of nitriles is 1. The zero-order valence-corrected chi connectivity index (χ0v) is 15.8. The SMILES string of the molecule is CC(F)(F)C[C@H](N[C@@H](c1ccc(Br)cc1)C(F)(F)F)C(=O)NC1(C#N)CC1. The quantitative estimate of drug-likeness (QED) is 0.607. The third-order valence-corrected chi connectivity index (χ3v) is 4.63. The number of nitrogens with one attached hydrogen (secondary N) is 2. The smallest absolute Gasteiger partial charge is 0.336 e. The van der Waals surface area contributed by atoms with Gasteiger partial charge >= 0.3 is 6.18 Å². The van der Waals surface area contributed by atoms with Crippen molar-refractivity contribution in [2.24, 2.45) is 0 Å². The third kappa shape index (κ3) is 6.14. The van der Waals surface area contributed by atoms with Gasteiger partial charge in [0.1, 0.15) is 11.6 Å². The van der Waals surface area contributed by atoms with E-state index >= 15 is 0 Å². The van der Waals surface area contributed by atoms with Crippen LogP contribution in [0.4, 0.5) is 22.0 Å². The van der Waals surface area contributed by atoms with Crippen molar-refractivity contribution in [1.29, 1.82) is 5.26 Å². The van der Waals surface area contributed by atoms with Crippen LogP contribution < -0.4 is 10.6 Å². The summed E-state index contributed by atoms with van der Waals surface area (Å²) in [5.74, 6) is -4.43. The third-order valence-electron chi connectivity index (χ3n) is 4.10. The fourth-order valence-corrected chi connectivity index (χ4v) is 2.80. The second-order valence-electron chi connectivity index (χ2n) is 6.70. The molecule has 1 aromatic rings. The zero-order valence-electron chi connectivity index (χ0n) is 14.2. The van der Waals surface area contributed by atoms with Crippen molar-refractivity contribution in [2.75, 3.05) is 0 Å². The highest BCUT2D eigenvalue weighted by molar-refractivity contribution is 9.10. The average Bonchev–Trinajstić information content (AvgIpc) is 3.30. The van der Waals surface area contributed by atoms with E-state index in [0.717, 1.165) is 0 Å². The molecule has 27 heavy (non-hydrogen) atoms. The lowest BCUT2D eigenvalue weighted by atomic mass is 10.0. The van der Waals surface area contributed by atoms with Crippen molar-refractivity contribution >= 4 is 21.8 Å². The summed E-state index contributed by atoms with van der Waals surface area (Å²) in [4.78, 5) is 12.4. The first kappa shape index (κ1) is 21.6. The van der Waals surface area contributed by atoms with Gasteiger partial charge in [-0.05, 0) is 37.5 Å². The second kappa shape index (κ2) is 7.72. The molecule has 0 radical (unpaired) electrons. The molecular weight excluding hydrogens is 437 g/mol. The van der Waals surface area contributed by atoms with Gasteiger partial charge in [-0.1, -0.05) is 28.1 Å². The van der Waals surface area contributed by atoms with E-state index < -0.39 is 42.0 Å². The van der Waals surface area contributed by atoms with Crippen LogP contribution in [0, 0.1) is 11.3 Å². The molecule has 148 valence electrons. The highest BCUT2D eigenvalue weighted by Crippen LogP contribution is 2.36. The van der Waals surface area contributed by atoms with Gasteiger partial charge in [0.15, 0.2) is 0 Å². The molecule has 2 N–H and O–H groups in total.